The highest BCUT2D eigenvalue weighted by molar-refractivity contribution is 5.79. The fourth-order valence-corrected chi connectivity index (χ4v) is 2.74. The Morgan fingerprint density at radius 3 is 2.47 bits per heavy atom. The molecular formula is C12H18F3NO3. The van der Waals surface area contributed by atoms with Crippen LogP contribution in [0.15, 0.2) is 0 Å². The maximum absolute atomic E-state index is 12.9. The molecule has 1 saturated carbocycles. The van der Waals surface area contributed by atoms with Gasteiger partial charge in [0, 0.05) is 12.6 Å². The Bertz CT molecular complexity index is 368. The van der Waals surface area contributed by atoms with Gasteiger partial charge in [-0.05, 0) is 39.0 Å². The number of aliphatic carboxylic acids is 1. The zero-order valence-corrected chi connectivity index (χ0v) is 10.7. The molecule has 2 atom stereocenters. The second-order valence-corrected chi connectivity index (χ2v) is 5.65. The summed E-state index contributed by atoms with van der Waals surface area (Å²) in [4.78, 5) is 11.0. The number of ether oxygens (including phenoxy) is 1. The van der Waals surface area contributed by atoms with E-state index in [0.717, 1.165) is 19.3 Å². The molecule has 0 aromatic carbocycles. The molecule has 2 fully saturated rings. The number of rotatable bonds is 3. The molecule has 1 heterocycles. The van der Waals surface area contributed by atoms with E-state index in [0.29, 0.717) is 26.4 Å². The lowest BCUT2D eigenvalue weighted by Gasteiger charge is -2.48. The van der Waals surface area contributed by atoms with Crippen LogP contribution in [-0.4, -0.2) is 41.0 Å². The Kier molecular flexibility index (Phi) is 3.55. The van der Waals surface area contributed by atoms with Gasteiger partial charge in [0.05, 0.1) is 5.60 Å². The molecule has 110 valence electrons. The Morgan fingerprint density at radius 1 is 1.42 bits per heavy atom. The first-order valence-corrected chi connectivity index (χ1v) is 6.40. The van der Waals surface area contributed by atoms with Crippen molar-refractivity contribution < 1.29 is 27.8 Å². The fourth-order valence-electron chi connectivity index (χ4n) is 2.74. The molecule has 2 unspecified atom stereocenters. The van der Waals surface area contributed by atoms with Crippen LogP contribution in [0.1, 0.15) is 39.0 Å². The molecule has 2 aliphatic rings. The summed E-state index contributed by atoms with van der Waals surface area (Å²) in [5.74, 6) is -1.89. The van der Waals surface area contributed by atoms with Crippen LogP contribution in [0.25, 0.3) is 0 Å². The van der Waals surface area contributed by atoms with E-state index in [4.69, 9.17) is 9.84 Å². The number of hydrogen-bond donors (Lipinski definition) is 2. The summed E-state index contributed by atoms with van der Waals surface area (Å²) in [6.07, 6.45) is -1.26. The van der Waals surface area contributed by atoms with Crippen LogP contribution < -0.4 is 5.32 Å². The van der Waals surface area contributed by atoms with Crippen molar-refractivity contribution in [1.82, 2.24) is 5.32 Å². The lowest BCUT2D eigenvalue weighted by molar-refractivity contribution is -0.212. The number of carboxylic acid groups (broad SMARTS) is 1. The number of halogens is 3. The highest BCUT2D eigenvalue weighted by atomic mass is 19.4. The van der Waals surface area contributed by atoms with Gasteiger partial charge < -0.3 is 9.84 Å². The average Bonchev–Trinajstić information content (AvgIpc) is 2.25. The van der Waals surface area contributed by atoms with Gasteiger partial charge in [0.1, 0.15) is 0 Å². The standard InChI is InChI=1S/C12H18F3NO3/c1-10(9(17)18,12(13,14)15)16-8-3-6-19-11(7-8)4-2-5-11/h8,16H,2-7H2,1H3,(H,17,18). The highest BCUT2D eigenvalue weighted by Gasteiger charge is 2.58. The molecule has 2 rings (SSSR count). The van der Waals surface area contributed by atoms with Crippen LogP contribution in [0.3, 0.4) is 0 Å². The summed E-state index contributed by atoms with van der Waals surface area (Å²) < 4.78 is 44.4. The normalized spacial score (nSPS) is 29.6. The van der Waals surface area contributed by atoms with Crippen LogP contribution in [-0.2, 0) is 9.53 Å². The molecule has 1 spiro atoms. The minimum absolute atomic E-state index is 0.319. The minimum atomic E-state index is -4.83. The van der Waals surface area contributed by atoms with Crippen molar-refractivity contribution >= 4 is 5.97 Å². The van der Waals surface area contributed by atoms with Crippen molar-refractivity contribution in [3.63, 3.8) is 0 Å². The number of nitrogens with one attached hydrogen (secondary N) is 1. The molecule has 1 aliphatic heterocycles. The maximum atomic E-state index is 12.9. The second kappa shape index (κ2) is 4.63. The summed E-state index contributed by atoms with van der Waals surface area (Å²) in [5.41, 5.74) is -3.22. The molecule has 0 aromatic rings. The van der Waals surface area contributed by atoms with Gasteiger partial charge in [-0.25, -0.2) is 4.79 Å². The third-order valence-corrected chi connectivity index (χ3v) is 4.25. The van der Waals surface area contributed by atoms with E-state index in [1.807, 2.05) is 0 Å². The predicted molar refractivity (Wildman–Crippen MR) is 60.8 cm³/mol. The molecule has 0 aromatic heterocycles. The van der Waals surface area contributed by atoms with Gasteiger partial charge in [-0.2, -0.15) is 13.2 Å². The van der Waals surface area contributed by atoms with Gasteiger partial charge >= 0.3 is 12.1 Å². The van der Waals surface area contributed by atoms with Gasteiger partial charge in [0.15, 0.2) is 0 Å². The fraction of sp³-hybridized carbons (Fsp3) is 0.917. The van der Waals surface area contributed by atoms with Crippen molar-refractivity contribution in [1.29, 1.82) is 0 Å². The molecule has 0 radical (unpaired) electrons. The van der Waals surface area contributed by atoms with E-state index in [-0.39, 0.29) is 5.60 Å². The first-order valence-electron chi connectivity index (χ1n) is 6.40. The number of carbonyl (C=O) groups is 1. The molecule has 2 N–H and O–H groups in total. The average molecular weight is 281 g/mol. The highest BCUT2D eigenvalue weighted by Crippen LogP contribution is 2.43. The second-order valence-electron chi connectivity index (χ2n) is 5.65. The summed E-state index contributed by atoms with van der Waals surface area (Å²) in [6, 6.07) is -0.475. The van der Waals surface area contributed by atoms with Crippen molar-refractivity contribution in [3.05, 3.63) is 0 Å². The van der Waals surface area contributed by atoms with Crippen LogP contribution in [0.5, 0.6) is 0 Å². The van der Waals surface area contributed by atoms with Gasteiger partial charge in [-0.3, -0.25) is 5.32 Å². The summed E-state index contributed by atoms with van der Waals surface area (Å²) in [5, 5.41) is 11.2. The quantitative estimate of drug-likeness (QED) is 0.831. The van der Waals surface area contributed by atoms with E-state index in [1.54, 1.807) is 0 Å². The molecular weight excluding hydrogens is 263 g/mol. The van der Waals surface area contributed by atoms with E-state index in [9.17, 15) is 18.0 Å². The minimum Gasteiger partial charge on any atom is -0.480 e. The molecule has 19 heavy (non-hydrogen) atoms. The zero-order chi connectivity index (χ0) is 14.3. The van der Waals surface area contributed by atoms with E-state index >= 15 is 0 Å². The topological polar surface area (TPSA) is 58.6 Å². The Morgan fingerprint density at radius 2 is 2.05 bits per heavy atom. The first-order chi connectivity index (χ1) is 8.69. The third-order valence-electron chi connectivity index (χ3n) is 4.25. The maximum Gasteiger partial charge on any atom is 0.417 e. The van der Waals surface area contributed by atoms with Crippen molar-refractivity contribution in [2.75, 3.05) is 6.61 Å². The molecule has 7 heteroatoms. The Balaban J connectivity index is 2.07. The third kappa shape index (κ3) is 2.58. The first kappa shape index (κ1) is 14.6. The molecule has 0 bridgehead atoms. The Hall–Kier alpha value is -0.820. The van der Waals surface area contributed by atoms with Crippen molar-refractivity contribution in [2.45, 2.75) is 62.4 Å². The van der Waals surface area contributed by atoms with Gasteiger partial charge in [0.2, 0.25) is 5.54 Å². The van der Waals surface area contributed by atoms with E-state index in [2.05, 4.69) is 5.32 Å². The monoisotopic (exact) mass is 281 g/mol. The van der Waals surface area contributed by atoms with Crippen molar-refractivity contribution in [3.8, 4) is 0 Å². The predicted octanol–water partition coefficient (Wildman–Crippen LogP) is 2.08. The molecule has 0 amide bonds. The van der Waals surface area contributed by atoms with Crippen LogP contribution in [0.2, 0.25) is 0 Å². The summed E-state index contributed by atoms with van der Waals surface area (Å²) >= 11 is 0. The molecule has 4 nitrogen and oxygen atoms in total. The lowest BCUT2D eigenvalue weighted by atomic mass is 9.73. The van der Waals surface area contributed by atoms with E-state index < -0.39 is 23.7 Å². The smallest absolute Gasteiger partial charge is 0.417 e. The van der Waals surface area contributed by atoms with Gasteiger partial charge in [-0.1, -0.05) is 0 Å². The summed E-state index contributed by atoms with van der Waals surface area (Å²) in [6.45, 7) is 1.06. The Labute approximate surface area is 109 Å². The largest absolute Gasteiger partial charge is 0.480 e. The number of carboxylic acids is 1. The van der Waals surface area contributed by atoms with Gasteiger partial charge in [0.25, 0.3) is 0 Å². The SMILES string of the molecule is CC(NC1CCOC2(CCC2)C1)(C(=O)O)C(F)(F)F. The molecule has 1 aliphatic carbocycles. The molecule has 1 saturated heterocycles. The van der Waals surface area contributed by atoms with Crippen LogP contribution in [0, 0.1) is 0 Å². The van der Waals surface area contributed by atoms with Crippen LogP contribution >= 0.6 is 0 Å². The van der Waals surface area contributed by atoms with Gasteiger partial charge in [-0.15, -0.1) is 0 Å². The summed E-state index contributed by atoms with van der Waals surface area (Å²) in [7, 11) is 0. The number of alkyl halides is 3. The lowest BCUT2D eigenvalue weighted by Crippen LogP contribution is -2.65. The zero-order valence-electron chi connectivity index (χ0n) is 10.7. The van der Waals surface area contributed by atoms with Crippen molar-refractivity contribution in [2.24, 2.45) is 0 Å². The van der Waals surface area contributed by atoms with Crippen LogP contribution in [0.4, 0.5) is 13.2 Å². The van der Waals surface area contributed by atoms with E-state index in [1.165, 1.54) is 0 Å². The number of hydrogen-bond acceptors (Lipinski definition) is 3.